The molecule has 0 radical (unpaired) electrons. The molecule has 1 aliphatic heterocycles. The number of hydrogen-bond donors (Lipinski definition) is 2. The first kappa shape index (κ1) is 11.0. The molecule has 1 aliphatic rings. The van der Waals surface area contributed by atoms with E-state index in [1.54, 1.807) is 0 Å². The highest BCUT2D eigenvalue weighted by Gasteiger charge is 2.25. The van der Waals surface area contributed by atoms with Crippen LogP contribution in [0.25, 0.3) is 0 Å². The van der Waals surface area contributed by atoms with E-state index in [4.69, 9.17) is 5.73 Å². The molecule has 0 bridgehead atoms. The summed E-state index contributed by atoms with van der Waals surface area (Å²) in [6.07, 6.45) is 0. The largest absolute Gasteiger partial charge is 0.374 e. The first-order valence-electron chi connectivity index (χ1n) is 5.52. The first-order valence-corrected chi connectivity index (χ1v) is 5.52. The molecule has 4 heteroatoms. The van der Waals surface area contributed by atoms with Gasteiger partial charge in [0, 0.05) is 12.6 Å². The van der Waals surface area contributed by atoms with Crippen molar-refractivity contribution in [2.45, 2.75) is 26.4 Å². The van der Waals surface area contributed by atoms with Crippen LogP contribution in [0.15, 0.2) is 18.2 Å². The summed E-state index contributed by atoms with van der Waals surface area (Å²) in [4.78, 5) is 13.7. The lowest BCUT2D eigenvalue weighted by atomic mass is 10.1. The summed E-state index contributed by atoms with van der Waals surface area (Å²) in [6.45, 7) is 4.89. The smallest absolute Gasteiger partial charge is 0.246 e. The maximum atomic E-state index is 11.8. The molecule has 3 N–H and O–H groups in total. The predicted octanol–water partition coefficient (Wildman–Crippen LogP) is 1.31. The highest BCUT2D eigenvalue weighted by Crippen LogP contribution is 2.31. The average Bonchev–Trinajstić information content (AvgIpc) is 2.27. The molecule has 4 nitrogen and oxygen atoms in total. The van der Waals surface area contributed by atoms with Crippen molar-refractivity contribution in [3.8, 4) is 0 Å². The second-order valence-electron chi connectivity index (χ2n) is 4.27. The van der Waals surface area contributed by atoms with Gasteiger partial charge in [-0.1, -0.05) is 6.07 Å². The van der Waals surface area contributed by atoms with Crippen molar-refractivity contribution in [1.29, 1.82) is 0 Å². The number of carbonyl (C=O) groups excluding carboxylic acids is 1. The summed E-state index contributed by atoms with van der Waals surface area (Å²) >= 11 is 0. The zero-order chi connectivity index (χ0) is 11.7. The van der Waals surface area contributed by atoms with Crippen LogP contribution in [0.2, 0.25) is 0 Å². The molecule has 1 aromatic rings. The van der Waals surface area contributed by atoms with Gasteiger partial charge in [0.25, 0.3) is 0 Å². The molecule has 0 saturated carbocycles. The summed E-state index contributed by atoms with van der Waals surface area (Å²) in [7, 11) is 0. The molecule has 16 heavy (non-hydrogen) atoms. The van der Waals surface area contributed by atoms with Crippen LogP contribution in [0.4, 0.5) is 11.4 Å². The van der Waals surface area contributed by atoms with Crippen molar-refractivity contribution in [2.24, 2.45) is 5.73 Å². The lowest BCUT2D eigenvalue weighted by molar-refractivity contribution is -0.117. The quantitative estimate of drug-likeness (QED) is 0.788. The van der Waals surface area contributed by atoms with Crippen molar-refractivity contribution < 1.29 is 4.79 Å². The summed E-state index contributed by atoms with van der Waals surface area (Å²) in [6, 6.07) is 6.13. The summed E-state index contributed by atoms with van der Waals surface area (Å²) in [5.41, 5.74) is 8.60. The topological polar surface area (TPSA) is 58.4 Å². The van der Waals surface area contributed by atoms with Gasteiger partial charge < -0.3 is 16.0 Å². The number of anilines is 2. The van der Waals surface area contributed by atoms with E-state index < -0.39 is 0 Å². The maximum Gasteiger partial charge on any atom is 0.246 e. The zero-order valence-corrected chi connectivity index (χ0v) is 9.66. The fourth-order valence-electron chi connectivity index (χ4n) is 2.01. The van der Waals surface area contributed by atoms with Crippen LogP contribution in [0, 0.1) is 0 Å². The minimum Gasteiger partial charge on any atom is -0.374 e. The van der Waals surface area contributed by atoms with Gasteiger partial charge in [-0.05, 0) is 31.5 Å². The van der Waals surface area contributed by atoms with Gasteiger partial charge in [0.15, 0.2) is 0 Å². The van der Waals surface area contributed by atoms with E-state index in [-0.39, 0.29) is 11.9 Å². The lowest BCUT2D eigenvalue weighted by Crippen LogP contribution is -2.44. The summed E-state index contributed by atoms with van der Waals surface area (Å²) in [5, 5.41) is 3.12. The second kappa shape index (κ2) is 4.14. The number of nitrogens with one attached hydrogen (secondary N) is 1. The predicted molar refractivity (Wildman–Crippen MR) is 65.4 cm³/mol. The van der Waals surface area contributed by atoms with E-state index in [9.17, 15) is 4.79 Å². The van der Waals surface area contributed by atoms with Gasteiger partial charge in [-0.2, -0.15) is 0 Å². The van der Waals surface area contributed by atoms with Crippen molar-refractivity contribution in [3.05, 3.63) is 23.8 Å². The van der Waals surface area contributed by atoms with E-state index in [1.807, 2.05) is 36.9 Å². The molecule has 0 atom stereocenters. The van der Waals surface area contributed by atoms with Gasteiger partial charge in [-0.25, -0.2) is 0 Å². The minimum atomic E-state index is 0.108. The number of amides is 1. The SMILES string of the molecule is CC(C)N1C(=O)CNc2ccc(CN)cc21. The minimum absolute atomic E-state index is 0.108. The van der Waals surface area contributed by atoms with Crippen LogP contribution < -0.4 is 16.0 Å². The molecule has 0 saturated heterocycles. The molecular formula is C12H17N3O. The molecular weight excluding hydrogens is 202 g/mol. The van der Waals surface area contributed by atoms with Gasteiger partial charge >= 0.3 is 0 Å². The highest BCUT2D eigenvalue weighted by molar-refractivity contribution is 6.03. The van der Waals surface area contributed by atoms with E-state index in [2.05, 4.69) is 5.32 Å². The molecule has 0 fully saturated rings. The van der Waals surface area contributed by atoms with Crippen LogP contribution in [0.3, 0.4) is 0 Å². The number of rotatable bonds is 2. The van der Waals surface area contributed by atoms with E-state index in [0.29, 0.717) is 13.1 Å². The third-order valence-corrected chi connectivity index (χ3v) is 2.77. The number of hydrogen-bond acceptors (Lipinski definition) is 3. The van der Waals surface area contributed by atoms with Gasteiger partial charge in [-0.3, -0.25) is 4.79 Å². The normalized spacial score (nSPS) is 15.0. The number of nitrogens with two attached hydrogens (primary N) is 1. The van der Waals surface area contributed by atoms with Gasteiger partial charge in [0.1, 0.15) is 0 Å². The molecule has 0 unspecified atom stereocenters. The van der Waals surface area contributed by atoms with Crippen LogP contribution in [0.1, 0.15) is 19.4 Å². The monoisotopic (exact) mass is 219 g/mol. The van der Waals surface area contributed by atoms with Crippen LogP contribution in [-0.2, 0) is 11.3 Å². The number of carbonyl (C=O) groups is 1. The van der Waals surface area contributed by atoms with E-state index in [1.165, 1.54) is 0 Å². The van der Waals surface area contributed by atoms with E-state index in [0.717, 1.165) is 16.9 Å². The Labute approximate surface area is 95.4 Å². The second-order valence-corrected chi connectivity index (χ2v) is 4.27. The average molecular weight is 219 g/mol. The molecule has 1 aromatic carbocycles. The molecule has 1 heterocycles. The van der Waals surface area contributed by atoms with Gasteiger partial charge in [0.05, 0.1) is 17.9 Å². The van der Waals surface area contributed by atoms with E-state index >= 15 is 0 Å². The molecule has 86 valence electrons. The molecule has 0 spiro atoms. The van der Waals surface area contributed by atoms with Crippen molar-refractivity contribution in [1.82, 2.24) is 0 Å². The Morgan fingerprint density at radius 2 is 2.25 bits per heavy atom. The lowest BCUT2D eigenvalue weighted by Gasteiger charge is -2.33. The fourth-order valence-corrected chi connectivity index (χ4v) is 2.01. The summed E-state index contributed by atoms with van der Waals surface area (Å²) in [5.74, 6) is 0.108. The van der Waals surface area contributed by atoms with Gasteiger partial charge in [-0.15, -0.1) is 0 Å². The Balaban J connectivity index is 2.48. The highest BCUT2D eigenvalue weighted by atomic mass is 16.2. The standard InChI is InChI=1S/C12H17N3O/c1-8(2)15-11-5-9(6-13)3-4-10(11)14-7-12(15)16/h3-5,8,14H,6-7,13H2,1-2H3. The van der Waals surface area contributed by atoms with Crippen molar-refractivity contribution >= 4 is 17.3 Å². The Morgan fingerprint density at radius 1 is 1.50 bits per heavy atom. The number of fused-ring (bicyclic) bond motifs is 1. The maximum absolute atomic E-state index is 11.8. The molecule has 2 rings (SSSR count). The molecule has 1 amide bonds. The van der Waals surface area contributed by atoms with Crippen LogP contribution >= 0.6 is 0 Å². The molecule has 0 aliphatic carbocycles. The fraction of sp³-hybridized carbons (Fsp3) is 0.417. The van der Waals surface area contributed by atoms with Gasteiger partial charge in [0.2, 0.25) is 5.91 Å². The Bertz CT molecular complexity index is 415. The summed E-state index contributed by atoms with van der Waals surface area (Å²) < 4.78 is 0. The Kier molecular flexibility index (Phi) is 2.83. The number of nitrogens with zero attached hydrogens (tertiary/aromatic N) is 1. The van der Waals surface area contributed by atoms with Crippen molar-refractivity contribution in [2.75, 3.05) is 16.8 Å². The van der Waals surface area contributed by atoms with Crippen LogP contribution in [-0.4, -0.2) is 18.5 Å². The molecule has 0 aromatic heterocycles. The van der Waals surface area contributed by atoms with Crippen LogP contribution in [0.5, 0.6) is 0 Å². The zero-order valence-electron chi connectivity index (χ0n) is 9.66. The van der Waals surface area contributed by atoms with Crippen molar-refractivity contribution in [3.63, 3.8) is 0 Å². The first-order chi connectivity index (χ1) is 7.63. The number of benzene rings is 1. The Morgan fingerprint density at radius 3 is 2.88 bits per heavy atom. The third-order valence-electron chi connectivity index (χ3n) is 2.77. The third kappa shape index (κ3) is 1.76. The Hall–Kier alpha value is -1.55.